The van der Waals surface area contributed by atoms with Gasteiger partial charge in [-0.05, 0) is 49.6 Å². The van der Waals surface area contributed by atoms with Crippen LogP contribution < -0.4 is 0 Å². The van der Waals surface area contributed by atoms with Gasteiger partial charge in [-0.2, -0.15) is 0 Å². The van der Waals surface area contributed by atoms with Gasteiger partial charge in [0, 0.05) is 22.7 Å². The van der Waals surface area contributed by atoms with Crippen LogP contribution in [0.5, 0.6) is 0 Å². The Morgan fingerprint density at radius 3 is 2.14 bits per heavy atom. The van der Waals surface area contributed by atoms with E-state index in [0.717, 1.165) is 34.1 Å². The third-order valence-corrected chi connectivity index (χ3v) is 6.93. The van der Waals surface area contributed by atoms with Gasteiger partial charge in [-0.1, -0.05) is 54.1 Å². The first-order valence-corrected chi connectivity index (χ1v) is 10.8. The van der Waals surface area contributed by atoms with Crippen LogP contribution in [0.15, 0.2) is 71.8 Å². The second kappa shape index (κ2) is 7.01. The second-order valence-corrected chi connectivity index (χ2v) is 9.10. The topological polar surface area (TPSA) is 56.1 Å². The predicted octanol–water partition coefficient (Wildman–Crippen LogP) is 5.28. The summed E-state index contributed by atoms with van der Waals surface area (Å²) in [5, 5.41) is 0.666. The third kappa shape index (κ3) is 3.08. The Morgan fingerprint density at radius 2 is 1.52 bits per heavy atom. The van der Waals surface area contributed by atoms with Crippen molar-refractivity contribution in [2.75, 3.05) is 0 Å². The number of rotatable bonds is 4. The van der Waals surface area contributed by atoms with E-state index in [2.05, 4.69) is 0 Å². The number of carbonyl (C=O) groups is 1. The van der Waals surface area contributed by atoms with Crippen molar-refractivity contribution in [1.29, 1.82) is 0 Å². The lowest BCUT2D eigenvalue weighted by molar-refractivity contribution is 0.112. The first kappa shape index (κ1) is 19.2. The molecular formula is C24H21NO3S. The standard InChI is InChI=1S/C24H21NO3S/c1-16-9-11-20(12-10-16)29(27,28)25-14-21(19-7-5-4-6-8-19)23-22(15-26)17(2)13-18(3)24(23)25/h4-15H,1-3H3. The average Bonchev–Trinajstić information content (AvgIpc) is 3.11. The van der Waals surface area contributed by atoms with Crippen LogP contribution in [0.3, 0.4) is 0 Å². The van der Waals surface area contributed by atoms with Crippen LogP contribution in [-0.2, 0) is 10.0 Å². The summed E-state index contributed by atoms with van der Waals surface area (Å²) in [4.78, 5) is 12.2. The number of nitrogens with zero attached hydrogens (tertiary/aromatic N) is 1. The Balaban J connectivity index is 2.14. The van der Waals surface area contributed by atoms with Gasteiger partial charge < -0.3 is 0 Å². The van der Waals surface area contributed by atoms with Crippen LogP contribution in [-0.4, -0.2) is 18.7 Å². The van der Waals surface area contributed by atoms with E-state index in [1.54, 1.807) is 30.5 Å². The smallest absolute Gasteiger partial charge is 0.268 e. The van der Waals surface area contributed by atoms with Gasteiger partial charge in [-0.25, -0.2) is 12.4 Å². The number of aromatic nitrogens is 1. The van der Waals surface area contributed by atoms with Crippen molar-refractivity contribution in [2.24, 2.45) is 0 Å². The Morgan fingerprint density at radius 1 is 0.862 bits per heavy atom. The van der Waals surface area contributed by atoms with Crippen LogP contribution >= 0.6 is 0 Å². The van der Waals surface area contributed by atoms with E-state index in [0.29, 0.717) is 16.5 Å². The van der Waals surface area contributed by atoms with Crippen LogP contribution in [0.25, 0.3) is 22.0 Å². The molecule has 29 heavy (non-hydrogen) atoms. The van der Waals surface area contributed by atoms with Gasteiger partial charge in [0.1, 0.15) is 0 Å². The maximum Gasteiger partial charge on any atom is 0.268 e. The molecule has 0 fully saturated rings. The highest BCUT2D eigenvalue weighted by atomic mass is 32.2. The van der Waals surface area contributed by atoms with Crippen molar-refractivity contribution in [3.8, 4) is 11.1 Å². The summed E-state index contributed by atoms with van der Waals surface area (Å²) < 4.78 is 28.3. The molecule has 0 N–H and O–H groups in total. The summed E-state index contributed by atoms with van der Waals surface area (Å²) in [5.41, 5.74) is 5.27. The number of hydrogen-bond acceptors (Lipinski definition) is 3. The Bertz CT molecular complexity index is 1330. The van der Waals surface area contributed by atoms with Gasteiger partial charge in [0.05, 0.1) is 10.4 Å². The highest BCUT2D eigenvalue weighted by Gasteiger charge is 2.25. The molecule has 0 aliphatic heterocycles. The zero-order valence-electron chi connectivity index (χ0n) is 16.5. The monoisotopic (exact) mass is 403 g/mol. The highest BCUT2D eigenvalue weighted by Crippen LogP contribution is 2.37. The van der Waals surface area contributed by atoms with Crippen molar-refractivity contribution < 1.29 is 13.2 Å². The fourth-order valence-corrected chi connectivity index (χ4v) is 5.22. The zero-order valence-corrected chi connectivity index (χ0v) is 17.3. The zero-order chi connectivity index (χ0) is 20.8. The van der Waals surface area contributed by atoms with Crippen LogP contribution in [0.2, 0.25) is 0 Å². The minimum absolute atomic E-state index is 0.215. The molecule has 146 valence electrons. The van der Waals surface area contributed by atoms with Crippen LogP contribution in [0.4, 0.5) is 0 Å². The number of aldehydes is 1. The Labute approximate surface area is 170 Å². The van der Waals surface area contributed by atoms with E-state index in [4.69, 9.17) is 0 Å². The Hall–Kier alpha value is -3.18. The molecule has 0 atom stereocenters. The van der Waals surface area contributed by atoms with Crippen LogP contribution in [0, 0.1) is 20.8 Å². The fourth-order valence-electron chi connectivity index (χ4n) is 3.80. The number of carbonyl (C=O) groups excluding carboxylic acids is 1. The molecule has 4 rings (SSSR count). The summed E-state index contributed by atoms with van der Waals surface area (Å²) in [5.74, 6) is 0. The van der Waals surface area contributed by atoms with Crippen LogP contribution in [0.1, 0.15) is 27.0 Å². The van der Waals surface area contributed by atoms with E-state index in [1.807, 2.05) is 57.2 Å². The molecule has 0 radical (unpaired) electrons. The molecule has 0 saturated carbocycles. The Kier molecular flexibility index (Phi) is 4.63. The largest absolute Gasteiger partial charge is 0.298 e. The molecule has 0 saturated heterocycles. The molecule has 0 unspecified atom stereocenters. The molecule has 0 amide bonds. The van der Waals surface area contributed by atoms with Gasteiger partial charge >= 0.3 is 0 Å². The molecule has 4 nitrogen and oxygen atoms in total. The first-order chi connectivity index (χ1) is 13.8. The minimum Gasteiger partial charge on any atom is -0.298 e. The minimum atomic E-state index is -3.83. The van der Waals surface area contributed by atoms with Crippen molar-refractivity contribution in [1.82, 2.24) is 3.97 Å². The van der Waals surface area contributed by atoms with Gasteiger partial charge in [-0.3, -0.25) is 4.79 Å². The molecule has 1 heterocycles. The van der Waals surface area contributed by atoms with Gasteiger partial charge in [0.2, 0.25) is 0 Å². The van der Waals surface area contributed by atoms with Crippen molar-refractivity contribution in [3.05, 3.63) is 89.1 Å². The molecule has 4 aromatic rings. The lowest BCUT2D eigenvalue weighted by Gasteiger charge is -2.11. The van der Waals surface area contributed by atoms with E-state index in [9.17, 15) is 13.2 Å². The maximum atomic E-state index is 13.5. The molecule has 0 bridgehead atoms. The van der Waals surface area contributed by atoms with E-state index in [1.165, 1.54) is 3.97 Å². The summed E-state index contributed by atoms with van der Waals surface area (Å²) in [6.45, 7) is 5.66. The van der Waals surface area contributed by atoms with Crippen molar-refractivity contribution in [2.45, 2.75) is 25.7 Å². The molecule has 1 aromatic heterocycles. The lowest BCUT2D eigenvalue weighted by atomic mass is 9.96. The van der Waals surface area contributed by atoms with E-state index < -0.39 is 10.0 Å². The first-order valence-electron chi connectivity index (χ1n) is 9.32. The SMILES string of the molecule is Cc1ccc(S(=O)(=O)n2cc(-c3ccccc3)c3c(C=O)c(C)cc(C)c32)cc1. The van der Waals surface area contributed by atoms with Gasteiger partial charge in [0.25, 0.3) is 10.0 Å². The van der Waals surface area contributed by atoms with Gasteiger partial charge in [0.15, 0.2) is 6.29 Å². The maximum absolute atomic E-state index is 13.5. The van der Waals surface area contributed by atoms with Gasteiger partial charge in [-0.15, -0.1) is 0 Å². The lowest BCUT2D eigenvalue weighted by Crippen LogP contribution is -2.12. The molecule has 0 aliphatic carbocycles. The summed E-state index contributed by atoms with van der Waals surface area (Å²) in [7, 11) is -3.83. The summed E-state index contributed by atoms with van der Waals surface area (Å²) in [6, 6.07) is 18.2. The van der Waals surface area contributed by atoms with E-state index >= 15 is 0 Å². The molecule has 0 aliphatic rings. The predicted molar refractivity (Wildman–Crippen MR) is 116 cm³/mol. The second-order valence-electron chi connectivity index (χ2n) is 7.29. The summed E-state index contributed by atoms with van der Waals surface area (Å²) >= 11 is 0. The number of fused-ring (bicyclic) bond motifs is 1. The molecular weight excluding hydrogens is 382 g/mol. The van der Waals surface area contributed by atoms with Crippen molar-refractivity contribution in [3.63, 3.8) is 0 Å². The number of aryl methyl sites for hydroxylation is 3. The summed E-state index contributed by atoms with van der Waals surface area (Å²) in [6.07, 6.45) is 2.45. The number of hydrogen-bond donors (Lipinski definition) is 0. The number of benzene rings is 3. The molecule has 5 heteroatoms. The normalized spacial score (nSPS) is 11.7. The van der Waals surface area contributed by atoms with Crippen molar-refractivity contribution >= 4 is 27.2 Å². The third-order valence-electron chi connectivity index (χ3n) is 5.25. The molecule has 0 spiro atoms. The fraction of sp³-hybridized carbons (Fsp3) is 0.125. The highest BCUT2D eigenvalue weighted by molar-refractivity contribution is 7.90. The van der Waals surface area contributed by atoms with E-state index in [-0.39, 0.29) is 4.90 Å². The quantitative estimate of drug-likeness (QED) is 0.436. The average molecular weight is 404 g/mol. The molecule has 3 aromatic carbocycles.